The van der Waals surface area contributed by atoms with Gasteiger partial charge in [0, 0.05) is 0 Å². The van der Waals surface area contributed by atoms with E-state index in [4.69, 9.17) is 4.74 Å². The van der Waals surface area contributed by atoms with Gasteiger partial charge in [-0.2, -0.15) is 0 Å². The normalized spacial score (nSPS) is 19.7. The summed E-state index contributed by atoms with van der Waals surface area (Å²) in [5.41, 5.74) is 1.70. The van der Waals surface area contributed by atoms with Gasteiger partial charge in [-0.25, -0.2) is 4.99 Å². The van der Waals surface area contributed by atoms with Crippen molar-refractivity contribution in [2.45, 2.75) is 32.0 Å². The molecule has 136 valence electrons. The maximum Gasteiger partial charge on any atom is 0.251 e. The molecule has 0 saturated heterocycles. The fourth-order valence-electron chi connectivity index (χ4n) is 3.17. The highest BCUT2D eigenvalue weighted by atomic mass is 16.5. The van der Waals surface area contributed by atoms with Gasteiger partial charge in [0.05, 0.1) is 19.2 Å². The Kier molecular flexibility index (Phi) is 5.68. The van der Waals surface area contributed by atoms with Crippen molar-refractivity contribution in [2.75, 3.05) is 13.2 Å². The molecule has 5 nitrogen and oxygen atoms in total. The lowest BCUT2D eigenvalue weighted by Gasteiger charge is -2.36. The van der Waals surface area contributed by atoms with Crippen LogP contribution in [-0.4, -0.2) is 41.0 Å². The predicted molar refractivity (Wildman–Crippen MR) is 101 cm³/mol. The monoisotopic (exact) mass is 352 g/mol. The largest absolute Gasteiger partial charge is 0.480 e. The lowest BCUT2D eigenvalue weighted by Crippen LogP contribution is -2.49. The molecule has 0 aromatic heterocycles. The van der Waals surface area contributed by atoms with Crippen molar-refractivity contribution in [3.63, 3.8) is 0 Å². The number of benzene rings is 2. The van der Waals surface area contributed by atoms with Crippen LogP contribution in [0.4, 0.5) is 0 Å². The zero-order valence-corrected chi connectivity index (χ0v) is 15.1. The Bertz CT molecular complexity index is 761. The van der Waals surface area contributed by atoms with Gasteiger partial charge in [0.2, 0.25) is 5.90 Å². The van der Waals surface area contributed by atoms with E-state index in [1.165, 1.54) is 0 Å². The van der Waals surface area contributed by atoms with E-state index in [1.54, 1.807) is 17.0 Å². The van der Waals surface area contributed by atoms with Crippen LogP contribution >= 0.6 is 0 Å². The van der Waals surface area contributed by atoms with Gasteiger partial charge in [0.25, 0.3) is 5.91 Å². The number of nitrogens with zero attached hydrogens (tertiary/aromatic N) is 2. The van der Waals surface area contributed by atoms with Gasteiger partial charge in [-0.1, -0.05) is 60.7 Å². The Labute approximate surface area is 153 Å². The van der Waals surface area contributed by atoms with Crippen molar-refractivity contribution in [3.8, 4) is 0 Å². The van der Waals surface area contributed by atoms with Crippen LogP contribution in [0.25, 0.3) is 0 Å². The zero-order valence-electron chi connectivity index (χ0n) is 15.1. The molecule has 0 bridgehead atoms. The molecule has 1 amide bonds. The predicted octanol–water partition coefficient (Wildman–Crippen LogP) is 3.13. The van der Waals surface area contributed by atoms with E-state index < -0.39 is 12.1 Å². The van der Waals surface area contributed by atoms with Crippen molar-refractivity contribution >= 4 is 11.8 Å². The number of carbonyl (C=O) groups is 1. The lowest BCUT2D eigenvalue weighted by atomic mass is 9.98. The van der Waals surface area contributed by atoms with Gasteiger partial charge in [-0.05, 0) is 25.0 Å². The maximum atomic E-state index is 13.1. The molecule has 0 spiro atoms. The first kappa shape index (κ1) is 18.1. The van der Waals surface area contributed by atoms with Crippen LogP contribution < -0.4 is 0 Å². The molecule has 0 saturated carbocycles. The first-order chi connectivity index (χ1) is 12.6. The Balaban J connectivity index is 1.91. The number of aliphatic hydroxyl groups excluding tert-OH is 1. The molecule has 0 radical (unpaired) electrons. The number of amides is 1. The number of ether oxygens (including phenoxy) is 1. The van der Waals surface area contributed by atoms with Crippen LogP contribution in [0.5, 0.6) is 0 Å². The van der Waals surface area contributed by atoms with Crippen LogP contribution in [0, 0.1) is 0 Å². The second-order valence-corrected chi connectivity index (χ2v) is 6.31. The SMILES string of the molecule is CCOC1=N[C@H]([C@H](O)c2ccccc2)C(=O)N([C@@H](C)c2ccccc2)C1. The Morgan fingerprint density at radius 2 is 1.69 bits per heavy atom. The molecule has 0 aliphatic carbocycles. The summed E-state index contributed by atoms with van der Waals surface area (Å²) < 4.78 is 5.61. The van der Waals surface area contributed by atoms with Crippen molar-refractivity contribution in [2.24, 2.45) is 4.99 Å². The number of rotatable bonds is 5. The van der Waals surface area contributed by atoms with Crippen LogP contribution in [0.15, 0.2) is 65.7 Å². The first-order valence-electron chi connectivity index (χ1n) is 8.89. The van der Waals surface area contributed by atoms with Crippen LogP contribution in [0.3, 0.4) is 0 Å². The maximum absolute atomic E-state index is 13.1. The van der Waals surface area contributed by atoms with E-state index in [0.717, 1.165) is 5.56 Å². The van der Waals surface area contributed by atoms with Crippen LogP contribution in [0.1, 0.15) is 37.1 Å². The Morgan fingerprint density at radius 3 is 2.27 bits per heavy atom. The van der Waals surface area contributed by atoms with Crippen LogP contribution in [-0.2, 0) is 9.53 Å². The van der Waals surface area contributed by atoms with Crippen molar-refractivity contribution in [1.82, 2.24) is 4.90 Å². The molecule has 1 aliphatic rings. The fourth-order valence-corrected chi connectivity index (χ4v) is 3.17. The molecule has 2 aromatic rings. The van der Waals surface area contributed by atoms with Gasteiger partial charge in [-0.3, -0.25) is 4.79 Å². The summed E-state index contributed by atoms with van der Waals surface area (Å²) in [5, 5.41) is 10.8. The molecule has 1 aliphatic heterocycles. The van der Waals surface area contributed by atoms with Gasteiger partial charge in [0.1, 0.15) is 6.10 Å². The number of hydrogen-bond donors (Lipinski definition) is 1. The molecule has 26 heavy (non-hydrogen) atoms. The quantitative estimate of drug-likeness (QED) is 0.899. The average molecular weight is 352 g/mol. The molecular formula is C21H24N2O3. The van der Waals surface area contributed by atoms with E-state index in [-0.39, 0.29) is 11.9 Å². The fraction of sp³-hybridized carbons (Fsp3) is 0.333. The topological polar surface area (TPSA) is 62.1 Å². The molecule has 5 heteroatoms. The molecule has 0 fully saturated rings. The summed E-state index contributed by atoms with van der Waals surface area (Å²) in [5.74, 6) is 0.288. The average Bonchev–Trinajstić information content (AvgIpc) is 2.69. The molecule has 2 aromatic carbocycles. The highest BCUT2D eigenvalue weighted by molar-refractivity contribution is 5.94. The summed E-state index contributed by atoms with van der Waals surface area (Å²) in [6.07, 6.45) is -1.01. The van der Waals surface area contributed by atoms with Crippen molar-refractivity contribution in [1.29, 1.82) is 0 Å². The number of aliphatic hydroxyl groups is 1. The summed E-state index contributed by atoms with van der Waals surface area (Å²) in [6, 6.07) is 17.9. The molecule has 3 rings (SSSR count). The summed E-state index contributed by atoms with van der Waals surface area (Å²) in [7, 11) is 0. The molecule has 3 atom stereocenters. The summed E-state index contributed by atoms with van der Waals surface area (Å²) in [6.45, 7) is 4.64. The zero-order chi connectivity index (χ0) is 18.5. The third-order valence-electron chi connectivity index (χ3n) is 4.63. The van der Waals surface area contributed by atoms with Gasteiger partial charge in [-0.15, -0.1) is 0 Å². The standard InChI is InChI=1S/C21H24N2O3/c1-3-26-18-14-23(15(2)16-10-6-4-7-11-16)21(25)19(22-18)20(24)17-12-8-5-9-13-17/h4-13,15,19-20,24H,3,14H2,1-2H3/t15-,19+,20+/m0/s1. The van der Waals surface area contributed by atoms with Gasteiger partial charge in [0.15, 0.2) is 6.04 Å². The number of hydrogen-bond acceptors (Lipinski definition) is 4. The third kappa shape index (κ3) is 3.78. The molecular weight excluding hydrogens is 328 g/mol. The summed E-state index contributed by atoms with van der Waals surface area (Å²) in [4.78, 5) is 19.2. The highest BCUT2D eigenvalue weighted by Gasteiger charge is 2.38. The third-order valence-corrected chi connectivity index (χ3v) is 4.63. The minimum Gasteiger partial charge on any atom is -0.480 e. The minimum atomic E-state index is -1.01. The van der Waals surface area contributed by atoms with Gasteiger partial charge >= 0.3 is 0 Å². The Hall–Kier alpha value is -2.66. The van der Waals surface area contributed by atoms with E-state index >= 15 is 0 Å². The Morgan fingerprint density at radius 1 is 1.12 bits per heavy atom. The second kappa shape index (κ2) is 8.15. The van der Waals surface area contributed by atoms with Crippen LogP contribution in [0.2, 0.25) is 0 Å². The van der Waals surface area contributed by atoms with E-state index in [1.807, 2.05) is 62.4 Å². The first-order valence-corrected chi connectivity index (χ1v) is 8.89. The molecule has 0 unspecified atom stereocenters. The molecule has 1 heterocycles. The number of aliphatic imine (C=N–C) groups is 1. The van der Waals surface area contributed by atoms with Crippen molar-refractivity contribution in [3.05, 3.63) is 71.8 Å². The highest BCUT2D eigenvalue weighted by Crippen LogP contribution is 2.29. The van der Waals surface area contributed by atoms with E-state index in [0.29, 0.717) is 24.6 Å². The number of carbonyl (C=O) groups excluding carboxylic acids is 1. The van der Waals surface area contributed by atoms with Gasteiger partial charge < -0.3 is 14.7 Å². The van der Waals surface area contributed by atoms with E-state index in [2.05, 4.69) is 4.99 Å². The lowest BCUT2D eigenvalue weighted by molar-refractivity contribution is -0.137. The second-order valence-electron chi connectivity index (χ2n) is 6.31. The van der Waals surface area contributed by atoms with E-state index in [9.17, 15) is 9.90 Å². The summed E-state index contributed by atoms with van der Waals surface area (Å²) >= 11 is 0. The molecule has 1 N–H and O–H groups in total. The minimum absolute atomic E-state index is 0.139. The van der Waals surface area contributed by atoms with Crippen molar-refractivity contribution < 1.29 is 14.6 Å². The smallest absolute Gasteiger partial charge is 0.251 e.